The van der Waals surface area contributed by atoms with Gasteiger partial charge in [0, 0.05) is 24.3 Å². The first-order valence-electron chi connectivity index (χ1n) is 12.4. The maximum atomic E-state index is 14.4. The molecule has 6 nitrogen and oxygen atoms in total. The highest BCUT2D eigenvalue weighted by Gasteiger charge is 2.66. The number of nitrogens with zero attached hydrogens (tertiary/aromatic N) is 3. The number of carbonyl (C=O) groups is 1. The van der Waals surface area contributed by atoms with Crippen molar-refractivity contribution in [1.29, 1.82) is 0 Å². The van der Waals surface area contributed by atoms with Gasteiger partial charge in [-0.3, -0.25) is 14.7 Å². The number of nitrogens with two attached hydrogens (primary N) is 1. The zero-order chi connectivity index (χ0) is 24.9. The molecule has 2 heterocycles. The number of aromatic nitrogens is 1. The maximum Gasteiger partial charge on any atom is 0.262 e. The fourth-order valence-electron chi connectivity index (χ4n) is 6.55. The Morgan fingerprint density at radius 1 is 1.03 bits per heavy atom. The molecule has 2 aliphatic carbocycles. The summed E-state index contributed by atoms with van der Waals surface area (Å²) in [7, 11) is 1.61. The normalized spacial score (nSPS) is 22.0. The van der Waals surface area contributed by atoms with E-state index in [0.29, 0.717) is 18.7 Å². The molecular formula is C29H29FN4O2. The Bertz CT molecular complexity index is 1360. The van der Waals surface area contributed by atoms with Gasteiger partial charge in [-0.1, -0.05) is 36.4 Å². The van der Waals surface area contributed by atoms with Gasteiger partial charge in [-0.05, 0) is 72.1 Å². The highest BCUT2D eigenvalue weighted by Crippen LogP contribution is 2.61. The smallest absolute Gasteiger partial charge is 0.262 e. The van der Waals surface area contributed by atoms with Gasteiger partial charge in [-0.15, -0.1) is 0 Å². The van der Waals surface area contributed by atoms with Crippen LogP contribution in [-0.2, 0) is 34.3 Å². The van der Waals surface area contributed by atoms with Crippen LogP contribution < -0.4 is 5.73 Å². The van der Waals surface area contributed by atoms with Crippen LogP contribution >= 0.6 is 0 Å². The molecule has 1 unspecified atom stereocenters. The van der Waals surface area contributed by atoms with Crippen LogP contribution in [0, 0.1) is 11.2 Å². The minimum absolute atomic E-state index is 0.0868. The Kier molecular flexibility index (Phi) is 5.41. The van der Waals surface area contributed by atoms with Crippen LogP contribution in [0.25, 0.3) is 11.1 Å². The SMILES string of the molecule is COCCN1C(=O)C2(N=C1N)c1cc(-c3cncc(F)c3)ccc1CC21CCc2ccccc2CC1. The molecule has 2 spiro atoms. The Labute approximate surface area is 210 Å². The number of amides is 1. The Morgan fingerprint density at radius 3 is 2.47 bits per heavy atom. The largest absolute Gasteiger partial charge is 0.383 e. The predicted molar refractivity (Wildman–Crippen MR) is 136 cm³/mol. The molecule has 2 aromatic carbocycles. The lowest BCUT2D eigenvalue weighted by Crippen LogP contribution is -2.51. The Morgan fingerprint density at radius 2 is 1.78 bits per heavy atom. The third-order valence-electron chi connectivity index (χ3n) is 8.33. The third kappa shape index (κ3) is 3.29. The van der Waals surface area contributed by atoms with E-state index < -0.39 is 16.8 Å². The molecule has 7 heteroatoms. The van der Waals surface area contributed by atoms with E-state index in [1.54, 1.807) is 18.2 Å². The number of aliphatic imine (C=N–C) groups is 1. The molecule has 1 aromatic heterocycles. The van der Waals surface area contributed by atoms with Crippen molar-refractivity contribution >= 4 is 11.9 Å². The summed E-state index contributed by atoms with van der Waals surface area (Å²) in [6, 6.07) is 16.1. The highest BCUT2D eigenvalue weighted by molar-refractivity contribution is 6.08. The lowest BCUT2D eigenvalue weighted by atomic mass is 9.65. The molecular weight excluding hydrogens is 455 g/mol. The zero-order valence-corrected chi connectivity index (χ0v) is 20.3. The van der Waals surface area contributed by atoms with Crippen LogP contribution in [0.15, 0.2) is 65.9 Å². The number of pyridine rings is 1. The number of hydrogen-bond acceptors (Lipinski definition) is 5. The molecule has 0 saturated carbocycles. The monoisotopic (exact) mass is 484 g/mol. The number of halogens is 1. The van der Waals surface area contributed by atoms with Gasteiger partial charge in [0.05, 0.1) is 19.3 Å². The minimum Gasteiger partial charge on any atom is -0.383 e. The molecule has 0 bridgehead atoms. The summed E-state index contributed by atoms with van der Waals surface area (Å²) in [5.74, 6) is -0.245. The summed E-state index contributed by atoms with van der Waals surface area (Å²) in [4.78, 5) is 25.0. The average Bonchev–Trinajstić information content (AvgIpc) is 3.20. The van der Waals surface area contributed by atoms with Crippen LogP contribution in [0.4, 0.5) is 4.39 Å². The van der Waals surface area contributed by atoms with Crippen LogP contribution in [0.3, 0.4) is 0 Å². The molecule has 6 rings (SSSR count). The number of rotatable bonds is 4. The summed E-state index contributed by atoms with van der Waals surface area (Å²) in [5, 5.41) is 0. The third-order valence-corrected chi connectivity index (χ3v) is 8.33. The zero-order valence-electron chi connectivity index (χ0n) is 20.3. The van der Waals surface area contributed by atoms with E-state index in [1.807, 2.05) is 12.1 Å². The van der Waals surface area contributed by atoms with E-state index in [1.165, 1.54) is 23.4 Å². The maximum absolute atomic E-state index is 14.4. The number of aryl methyl sites for hydroxylation is 2. The van der Waals surface area contributed by atoms with Gasteiger partial charge >= 0.3 is 0 Å². The predicted octanol–water partition coefficient (Wildman–Crippen LogP) is 4.01. The van der Waals surface area contributed by atoms with Crippen LogP contribution in [-0.4, -0.2) is 42.0 Å². The molecule has 1 aliphatic heterocycles. The van der Waals surface area contributed by atoms with E-state index >= 15 is 0 Å². The second-order valence-corrected chi connectivity index (χ2v) is 10.1. The van der Waals surface area contributed by atoms with Crippen molar-refractivity contribution in [3.63, 3.8) is 0 Å². The molecule has 36 heavy (non-hydrogen) atoms. The molecule has 0 radical (unpaired) electrons. The Balaban J connectivity index is 1.51. The van der Waals surface area contributed by atoms with Crippen molar-refractivity contribution < 1.29 is 13.9 Å². The molecule has 2 N–H and O–H groups in total. The molecule has 0 saturated heterocycles. The van der Waals surface area contributed by atoms with Gasteiger partial charge in [-0.25, -0.2) is 9.38 Å². The van der Waals surface area contributed by atoms with E-state index in [0.717, 1.165) is 48.8 Å². The molecule has 184 valence electrons. The summed E-state index contributed by atoms with van der Waals surface area (Å²) in [6.45, 7) is 0.726. The molecule has 0 fully saturated rings. The minimum atomic E-state index is -1.11. The van der Waals surface area contributed by atoms with Crippen LogP contribution in [0.5, 0.6) is 0 Å². The quantitative estimate of drug-likeness (QED) is 0.607. The fraction of sp³-hybridized carbons (Fsp3) is 0.345. The first-order valence-corrected chi connectivity index (χ1v) is 12.4. The first kappa shape index (κ1) is 22.9. The van der Waals surface area contributed by atoms with Gasteiger partial charge in [0.2, 0.25) is 0 Å². The van der Waals surface area contributed by atoms with Crippen molar-refractivity contribution in [2.45, 2.75) is 37.6 Å². The van der Waals surface area contributed by atoms with Crippen molar-refractivity contribution in [3.8, 4) is 11.1 Å². The second-order valence-electron chi connectivity index (χ2n) is 10.1. The molecule has 1 amide bonds. The summed E-state index contributed by atoms with van der Waals surface area (Å²) >= 11 is 0. The molecule has 3 aliphatic rings. The number of fused-ring (bicyclic) bond motifs is 4. The average molecular weight is 485 g/mol. The number of methoxy groups -OCH3 is 1. The summed E-state index contributed by atoms with van der Waals surface area (Å²) in [5.41, 5.74) is 11.1. The van der Waals surface area contributed by atoms with Crippen molar-refractivity contribution in [1.82, 2.24) is 9.88 Å². The van der Waals surface area contributed by atoms with Gasteiger partial charge in [-0.2, -0.15) is 0 Å². The lowest BCUT2D eigenvalue weighted by molar-refractivity contribution is -0.137. The van der Waals surface area contributed by atoms with Crippen LogP contribution in [0.2, 0.25) is 0 Å². The standard InChI is InChI=1S/C29H29FN4O2/c1-36-13-12-34-26(35)29(33-27(34)31)25-15-21(23-14-24(30)18-32-17-23)6-7-22(25)16-28(29)10-8-19-4-2-3-5-20(19)9-11-28/h2-7,14-15,17-18H,8-13,16H2,1H3,(H2,31,33). The van der Waals surface area contributed by atoms with E-state index in [2.05, 4.69) is 35.3 Å². The van der Waals surface area contributed by atoms with Crippen molar-refractivity contribution in [2.75, 3.05) is 20.3 Å². The number of guanidine groups is 1. The van der Waals surface area contributed by atoms with Crippen molar-refractivity contribution in [2.24, 2.45) is 16.1 Å². The number of carbonyl (C=O) groups excluding carboxylic acids is 1. The van der Waals surface area contributed by atoms with E-state index in [-0.39, 0.29) is 11.9 Å². The Hall–Kier alpha value is -3.58. The van der Waals surface area contributed by atoms with Gasteiger partial charge in [0.15, 0.2) is 11.5 Å². The summed E-state index contributed by atoms with van der Waals surface area (Å²) < 4.78 is 19.3. The van der Waals surface area contributed by atoms with E-state index in [9.17, 15) is 9.18 Å². The topological polar surface area (TPSA) is 80.8 Å². The second kappa shape index (κ2) is 8.52. The lowest BCUT2D eigenvalue weighted by Gasteiger charge is -2.40. The number of ether oxygens (including phenoxy) is 1. The summed E-state index contributed by atoms with van der Waals surface area (Å²) in [6.07, 6.45) is 7.00. The van der Waals surface area contributed by atoms with Crippen LogP contribution in [0.1, 0.15) is 35.1 Å². The van der Waals surface area contributed by atoms with Gasteiger partial charge in [0.25, 0.3) is 5.91 Å². The molecule has 3 aromatic rings. The van der Waals surface area contributed by atoms with E-state index in [4.69, 9.17) is 15.5 Å². The number of hydrogen-bond donors (Lipinski definition) is 1. The van der Waals surface area contributed by atoms with Gasteiger partial charge in [0.1, 0.15) is 5.82 Å². The number of benzene rings is 2. The first-order chi connectivity index (χ1) is 17.5. The highest BCUT2D eigenvalue weighted by atomic mass is 19.1. The van der Waals surface area contributed by atoms with Crippen molar-refractivity contribution in [3.05, 3.63) is 89.0 Å². The molecule has 1 atom stereocenters. The fourth-order valence-corrected chi connectivity index (χ4v) is 6.55. The van der Waals surface area contributed by atoms with Gasteiger partial charge < -0.3 is 10.5 Å².